The summed E-state index contributed by atoms with van der Waals surface area (Å²) >= 11 is 3.68. The highest BCUT2D eigenvalue weighted by molar-refractivity contribution is 7.82. The second-order valence-electron chi connectivity index (χ2n) is 2.80. The third-order valence-electron chi connectivity index (χ3n) is 1.59. The molecule has 0 rings (SSSR count). The van der Waals surface area contributed by atoms with Gasteiger partial charge in [-0.3, -0.25) is 14.4 Å². The number of rotatable bonds is 6. The Morgan fingerprint density at radius 2 is 1.57 bits per heavy atom. The first-order valence-corrected chi connectivity index (χ1v) is 4.12. The van der Waals surface area contributed by atoms with E-state index in [2.05, 4.69) is 12.6 Å². The molecule has 0 aliphatic rings. The molecule has 0 aliphatic carbocycles. The first kappa shape index (κ1) is 12.8. The smallest absolute Gasteiger partial charge is 0.320 e. The van der Waals surface area contributed by atoms with E-state index in [4.69, 9.17) is 15.3 Å². The number of carboxylic acid groups (broad SMARTS) is 3. The van der Waals surface area contributed by atoms with Crippen molar-refractivity contribution in [1.82, 2.24) is 0 Å². The van der Waals surface area contributed by atoms with Crippen LogP contribution >= 0.6 is 12.6 Å². The molecular formula is C7H10O6S. The molecule has 0 bridgehead atoms. The zero-order valence-electron chi connectivity index (χ0n) is 7.13. The van der Waals surface area contributed by atoms with Crippen LogP contribution in [0, 0.1) is 0 Å². The minimum atomic E-state index is -1.82. The van der Waals surface area contributed by atoms with Crippen molar-refractivity contribution < 1.29 is 29.7 Å². The van der Waals surface area contributed by atoms with Gasteiger partial charge in [-0.2, -0.15) is 12.6 Å². The number of thiol groups is 1. The van der Waals surface area contributed by atoms with Crippen LogP contribution in [0.25, 0.3) is 0 Å². The second-order valence-corrected chi connectivity index (χ2v) is 3.66. The maximum atomic E-state index is 10.6. The summed E-state index contributed by atoms with van der Waals surface area (Å²) in [6, 6.07) is 0. The Labute approximate surface area is 85.0 Å². The fraction of sp³-hybridized carbons (Fsp3) is 0.571. The minimum absolute atomic E-state index is 0.326. The normalized spacial score (nSPS) is 14.4. The predicted octanol–water partition coefficient (Wildman–Crippen LogP) is 0.0791. The number of hydrogen-bond acceptors (Lipinski definition) is 4. The molecule has 0 aromatic rings. The molecule has 0 aromatic heterocycles. The fourth-order valence-electron chi connectivity index (χ4n) is 0.835. The summed E-state index contributed by atoms with van der Waals surface area (Å²) in [6.07, 6.45) is -1.46. The van der Waals surface area contributed by atoms with Crippen LogP contribution in [0.4, 0.5) is 0 Å². The fourth-order valence-corrected chi connectivity index (χ4v) is 1.08. The molecule has 6 nitrogen and oxygen atoms in total. The first-order chi connectivity index (χ1) is 6.28. The van der Waals surface area contributed by atoms with Gasteiger partial charge in [0, 0.05) is 6.42 Å². The summed E-state index contributed by atoms with van der Waals surface area (Å²) in [7, 11) is 0. The average molecular weight is 222 g/mol. The minimum Gasteiger partial charge on any atom is -0.481 e. The van der Waals surface area contributed by atoms with Crippen LogP contribution in [0.2, 0.25) is 0 Å². The van der Waals surface area contributed by atoms with Crippen LogP contribution in [0.15, 0.2) is 0 Å². The molecular weight excluding hydrogens is 212 g/mol. The van der Waals surface area contributed by atoms with E-state index in [0.717, 1.165) is 0 Å². The van der Waals surface area contributed by atoms with E-state index >= 15 is 0 Å². The highest BCUT2D eigenvalue weighted by atomic mass is 32.1. The third kappa shape index (κ3) is 4.13. The summed E-state index contributed by atoms with van der Waals surface area (Å²) in [5.74, 6) is -3.94. The highest BCUT2D eigenvalue weighted by Gasteiger charge is 2.37. The van der Waals surface area contributed by atoms with Gasteiger partial charge in [0.15, 0.2) is 0 Å². The molecule has 0 radical (unpaired) electrons. The molecule has 0 fully saturated rings. The molecule has 0 aliphatic heterocycles. The van der Waals surface area contributed by atoms with Gasteiger partial charge in [0.1, 0.15) is 4.75 Å². The SMILES string of the molecule is O=C(O)CCC(S)(CC(=O)O)C(=O)O. The Morgan fingerprint density at radius 1 is 1.07 bits per heavy atom. The Hall–Kier alpha value is -1.24. The van der Waals surface area contributed by atoms with Crippen LogP contribution in [0.1, 0.15) is 19.3 Å². The summed E-state index contributed by atoms with van der Waals surface area (Å²) in [4.78, 5) is 31.1. The zero-order chi connectivity index (χ0) is 11.4. The molecule has 0 saturated heterocycles. The monoisotopic (exact) mass is 222 g/mol. The summed E-state index contributed by atoms with van der Waals surface area (Å²) < 4.78 is -1.82. The molecule has 1 unspecified atom stereocenters. The quantitative estimate of drug-likeness (QED) is 0.473. The van der Waals surface area contributed by atoms with Gasteiger partial charge in [-0.05, 0) is 6.42 Å². The Kier molecular flexibility index (Phi) is 4.42. The van der Waals surface area contributed by atoms with E-state index in [1.807, 2.05) is 0 Å². The molecule has 3 N–H and O–H groups in total. The standard InChI is InChI=1S/C7H10O6S/c8-4(9)1-2-7(14,6(12)13)3-5(10)11/h14H,1-3H2,(H,8,9)(H,10,11)(H,12,13). The van der Waals surface area contributed by atoms with Crippen molar-refractivity contribution >= 4 is 30.5 Å². The van der Waals surface area contributed by atoms with Crippen LogP contribution in [-0.4, -0.2) is 38.0 Å². The topological polar surface area (TPSA) is 112 Å². The highest BCUT2D eigenvalue weighted by Crippen LogP contribution is 2.25. The summed E-state index contributed by atoms with van der Waals surface area (Å²) in [5, 5.41) is 25.4. The van der Waals surface area contributed by atoms with Crippen molar-refractivity contribution in [1.29, 1.82) is 0 Å². The molecule has 7 heteroatoms. The zero-order valence-corrected chi connectivity index (χ0v) is 8.03. The van der Waals surface area contributed by atoms with E-state index in [9.17, 15) is 14.4 Å². The van der Waals surface area contributed by atoms with Crippen molar-refractivity contribution in [2.45, 2.75) is 24.0 Å². The van der Waals surface area contributed by atoms with Crippen molar-refractivity contribution in [2.24, 2.45) is 0 Å². The lowest BCUT2D eigenvalue weighted by Crippen LogP contribution is -2.35. The number of carboxylic acids is 3. The van der Waals surface area contributed by atoms with Gasteiger partial charge in [-0.15, -0.1) is 0 Å². The van der Waals surface area contributed by atoms with Gasteiger partial charge < -0.3 is 15.3 Å². The van der Waals surface area contributed by atoms with E-state index in [1.54, 1.807) is 0 Å². The molecule has 0 spiro atoms. The Bertz CT molecular complexity index is 263. The largest absolute Gasteiger partial charge is 0.481 e. The average Bonchev–Trinajstić information content (AvgIpc) is 1.99. The lowest BCUT2D eigenvalue weighted by atomic mass is 9.98. The van der Waals surface area contributed by atoms with E-state index in [1.165, 1.54) is 0 Å². The van der Waals surface area contributed by atoms with Gasteiger partial charge in [-0.25, -0.2) is 0 Å². The third-order valence-corrected chi connectivity index (χ3v) is 2.17. The molecule has 0 amide bonds. The van der Waals surface area contributed by atoms with Gasteiger partial charge in [0.05, 0.1) is 6.42 Å². The van der Waals surface area contributed by atoms with Crippen LogP contribution in [0.3, 0.4) is 0 Å². The summed E-state index contributed by atoms with van der Waals surface area (Å²) in [6.45, 7) is 0. The van der Waals surface area contributed by atoms with Gasteiger partial charge >= 0.3 is 17.9 Å². The lowest BCUT2D eigenvalue weighted by molar-refractivity contribution is -0.147. The van der Waals surface area contributed by atoms with E-state index < -0.39 is 35.5 Å². The Morgan fingerprint density at radius 3 is 1.86 bits per heavy atom. The molecule has 1 atom stereocenters. The van der Waals surface area contributed by atoms with Gasteiger partial charge in [0.2, 0.25) is 0 Å². The number of carbonyl (C=O) groups is 3. The molecule has 14 heavy (non-hydrogen) atoms. The lowest BCUT2D eigenvalue weighted by Gasteiger charge is -2.20. The van der Waals surface area contributed by atoms with Gasteiger partial charge in [0.25, 0.3) is 0 Å². The van der Waals surface area contributed by atoms with Crippen molar-refractivity contribution in [2.75, 3.05) is 0 Å². The van der Waals surface area contributed by atoms with Crippen LogP contribution < -0.4 is 0 Å². The number of hydrogen-bond donors (Lipinski definition) is 4. The number of aliphatic carboxylic acids is 3. The van der Waals surface area contributed by atoms with Crippen molar-refractivity contribution in [3.05, 3.63) is 0 Å². The van der Waals surface area contributed by atoms with Crippen LogP contribution in [-0.2, 0) is 14.4 Å². The maximum Gasteiger partial charge on any atom is 0.320 e. The molecule has 80 valence electrons. The maximum absolute atomic E-state index is 10.6. The Balaban J connectivity index is 4.47. The van der Waals surface area contributed by atoms with Crippen molar-refractivity contribution in [3.63, 3.8) is 0 Å². The second kappa shape index (κ2) is 4.85. The van der Waals surface area contributed by atoms with Crippen molar-refractivity contribution in [3.8, 4) is 0 Å². The first-order valence-electron chi connectivity index (χ1n) is 3.67. The summed E-state index contributed by atoms with van der Waals surface area (Å²) in [5.41, 5.74) is 0. The van der Waals surface area contributed by atoms with E-state index in [-0.39, 0.29) is 6.42 Å². The predicted molar refractivity (Wildman–Crippen MR) is 48.5 cm³/mol. The molecule has 0 heterocycles. The van der Waals surface area contributed by atoms with Gasteiger partial charge in [-0.1, -0.05) is 0 Å². The van der Waals surface area contributed by atoms with Crippen LogP contribution in [0.5, 0.6) is 0 Å². The molecule has 0 saturated carbocycles. The molecule has 0 aromatic carbocycles. The van der Waals surface area contributed by atoms with E-state index in [0.29, 0.717) is 0 Å².